The number of non-ortho nitro benzene ring substituents is 1. The second-order valence-electron chi connectivity index (χ2n) is 5.12. The van der Waals surface area contributed by atoms with Gasteiger partial charge in [-0.05, 0) is 24.1 Å². The number of nitrogens with zero attached hydrogens (tertiary/aromatic N) is 1. The first-order chi connectivity index (χ1) is 11.8. The summed E-state index contributed by atoms with van der Waals surface area (Å²) in [4.78, 5) is 9.32. The number of hydrogen-bond acceptors (Lipinski definition) is 6. The molecule has 7 nitrogen and oxygen atoms in total. The monoisotopic (exact) mass is 369 g/mol. The highest BCUT2D eigenvalue weighted by Gasteiger charge is 2.23. The quantitative estimate of drug-likeness (QED) is 0.550. The minimum absolute atomic E-state index is 0.0532. The summed E-state index contributed by atoms with van der Waals surface area (Å²) in [6.07, 6.45) is 0.0532. The van der Waals surface area contributed by atoms with Crippen LogP contribution in [0.4, 0.5) is 10.1 Å². The van der Waals surface area contributed by atoms with Gasteiger partial charge in [0.15, 0.2) is 9.84 Å². The Balaban J connectivity index is 2.28. The van der Waals surface area contributed by atoms with Crippen LogP contribution in [0, 0.1) is 15.9 Å². The maximum Gasteiger partial charge on any atom is 0.270 e. The van der Waals surface area contributed by atoms with E-state index in [1.807, 2.05) is 0 Å². The normalized spacial score (nSPS) is 11.2. The minimum atomic E-state index is -4.05. The zero-order valence-electron chi connectivity index (χ0n) is 13.6. The number of halogens is 1. The SMILES string of the molecule is COc1ccc(CCS(=O)(=O)c2cc([N+](=O)[O-])ccc2F)c(OC)c1. The molecule has 0 fully saturated rings. The van der Waals surface area contributed by atoms with E-state index in [-0.39, 0.29) is 6.42 Å². The Morgan fingerprint density at radius 3 is 2.44 bits per heavy atom. The number of benzene rings is 2. The van der Waals surface area contributed by atoms with Crippen molar-refractivity contribution in [2.45, 2.75) is 11.3 Å². The van der Waals surface area contributed by atoms with E-state index in [9.17, 15) is 22.9 Å². The summed E-state index contributed by atoms with van der Waals surface area (Å²) in [7, 11) is -1.12. The third-order valence-corrected chi connectivity index (χ3v) is 5.32. The molecule has 0 bridgehead atoms. The van der Waals surface area contributed by atoms with Gasteiger partial charge in [-0.25, -0.2) is 12.8 Å². The highest BCUT2D eigenvalue weighted by Crippen LogP contribution is 2.27. The van der Waals surface area contributed by atoms with E-state index in [1.165, 1.54) is 14.2 Å². The number of aryl methyl sites for hydroxylation is 1. The number of rotatable bonds is 7. The molecule has 0 aliphatic carbocycles. The number of nitro benzene ring substituents is 1. The van der Waals surface area contributed by atoms with E-state index in [4.69, 9.17) is 9.47 Å². The van der Waals surface area contributed by atoms with Crippen molar-refractivity contribution < 1.29 is 27.2 Å². The van der Waals surface area contributed by atoms with Gasteiger partial charge in [-0.2, -0.15) is 0 Å². The molecule has 2 rings (SSSR count). The van der Waals surface area contributed by atoms with Crippen LogP contribution in [0.3, 0.4) is 0 Å². The molecule has 0 atom stereocenters. The van der Waals surface area contributed by atoms with Gasteiger partial charge < -0.3 is 9.47 Å². The van der Waals surface area contributed by atoms with Crippen LogP contribution >= 0.6 is 0 Å². The van der Waals surface area contributed by atoms with Crippen LogP contribution in [0.15, 0.2) is 41.3 Å². The molecular weight excluding hydrogens is 353 g/mol. The molecule has 2 aromatic carbocycles. The van der Waals surface area contributed by atoms with Crippen LogP contribution in [-0.4, -0.2) is 33.3 Å². The lowest BCUT2D eigenvalue weighted by Crippen LogP contribution is -2.12. The topological polar surface area (TPSA) is 95.7 Å². The Morgan fingerprint density at radius 2 is 1.84 bits per heavy atom. The van der Waals surface area contributed by atoms with Crippen molar-refractivity contribution in [3.63, 3.8) is 0 Å². The van der Waals surface area contributed by atoms with Crippen molar-refractivity contribution in [3.8, 4) is 11.5 Å². The maximum atomic E-state index is 13.9. The fourth-order valence-corrected chi connectivity index (χ4v) is 3.63. The van der Waals surface area contributed by atoms with Gasteiger partial charge >= 0.3 is 0 Å². The van der Waals surface area contributed by atoms with Crippen LogP contribution in [0.25, 0.3) is 0 Å². The summed E-state index contributed by atoms with van der Waals surface area (Å²) >= 11 is 0. The van der Waals surface area contributed by atoms with Crippen LogP contribution in [0.1, 0.15) is 5.56 Å². The van der Waals surface area contributed by atoms with Gasteiger partial charge in [0, 0.05) is 18.2 Å². The Kier molecular flexibility index (Phi) is 5.58. The summed E-state index contributed by atoms with van der Waals surface area (Å²) in [5.41, 5.74) is 0.111. The molecule has 9 heteroatoms. The molecule has 2 aromatic rings. The molecule has 0 aromatic heterocycles. The highest BCUT2D eigenvalue weighted by atomic mass is 32.2. The third kappa shape index (κ3) is 4.24. The Bertz CT molecular complexity index is 897. The Hall–Kier alpha value is -2.68. The molecule has 25 heavy (non-hydrogen) atoms. The zero-order chi connectivity index (χ0) is 18.6. The fraction of sp³-hybridized carbons (Fsp3) is 0.250. The van der Waals surface area contributed by atoms with Gasteiger partial charge in [0.25, 0.3) is 5.69 Å². The molecule has 0 heterocycles. The minimum Gasteiger partial charge on any atom is -0.497 e. The van der Waals surface area contributed by atoms with Gasteiger partial charge in [-0.3, -0.25) is 10.1 Å². The van der Waals surface area contributed by atoms with E-state index < -0.39 is 36.9 Å². The van der Waals surface area contributed by atoms with Crippen molar-refractivity contribution in [1.29, 1.82) is 0 Å². The molecule has 0 saturated heterocycles. The summed E-state index contributed by atoms with van der Waals surface area (Å²) in [6, 6.07) is 7.33. The molecule has 0 unspecified atom stereocenters. The molecule has 0 aliphatic heterocycles. The average molecular weight is 369 g/mol. The largest absolute Gasteiger partial charge is 0.497 e. The summed E-state index contributed by atoms with van der Waals surface area (Å²) in [5, 5.41) is 10.8. The molecule has 0 spiro atoms. The van der Waals surface area contributed by atoms with Crippen LogP contribution in [0.2, 0.25) is 0 Å². The van der Waals surface area contributed by atoms with Crippen molar-refractivity contribution in [2.75, 3.05) is 20.0 Å². The van der Waals surface area contributed by atoms with Gasteiger partial charge in [0.2, 0.25) is 0 Å². The first-order valence-electron chi connectivity index (χ1n) is 7.16. The van der Waals surface area contributed by atoms with Crippen molar-refractivity contribution in [3.05, 3.63) is 57.9 Å². The summed E-state index contributed by atoms with van der Waals surface area (Å²) in [6.45, 7) is 0. The Labute approximate surface area is 144 Å². The van der Waals surface area contributed by atoms with Crippen LogP contribution in [-0.2, 0) is 16.3 Å². The smallest absolute Gasteiger partial charge is 0.270 e. The van der Waals surface area contributed by atoms with Gasteiger partial charge in [-0.15, -0.1) is 0 Å². The van der Waals surface area contributed by atoms with E-state index in [0.717, 1.165) is 18.2 Å². The second-order valence-corrected chi connectivity index (χ2v) is 7.20. The average Bonchev–Trinajstić information content (AvgIpc) is 2.59. The molecule has 0 amide bonds. The number of nitro groups is 1. The molecule has 0 N–H and O–H groups in total. The fourth-order valence-electron chi connectivity index (χ4n) is 2.26. The zero-order valence-corrected chi connectivity index (χ0v) is 14.4. The number of hydrogen-bond donors (Lipinski definition) is 0. The van der Waals surface area contributed by atoms with Crippen LogP contribution < -0.4 is 9.47 Å². The third-order valence-electron chi connectivity index (χ3n) is 3.60. The lowest BCUT2D eigenvalue weighted by molar-refractivity contribution is -0.385. The van der Waals surface area contributed by atoms with Crippen molar-refractivity contribution >= 4 is 15.5 Å². The van der Waals surface area contributed by atoms with Gasteiger partial charge in [0.05, 0.1) is 24.9 Å². The van der Waals surface area contributed by atoms with Gasteiger partial charge in [-0.1, -0.05) is 6.07 Å². The second kappa shape index (κ2) is 7.47. The first-order valence-corrected chi connectivity index (χ1v) is 8.81. The molecule has 0 aliphatic rings. The molecule has 0 saturated carbocycles. The molecule has 134 valence electrons. The lowest BCUT2D eigenvalue weighted by atomic mass is 10.1. The Morgan fingerprint density at radius 1 is 1.12 bits per heavy atom. The number of ether oxygens (including phenoxy) is 2. The first kappa shape index (κ1) is 18.7. The standard InChI is InChI=1S/C16H16FNO6S/c1-23-13-5-3-11(15(10-13)24-2)7-8-25(21,22)16-9-12(18(19)20)4-6-14(16)17/h3-6,9-10H,7-8H2,1-2H3. The van der Waals surface area contributed by atoms with Crippen LogP contribution in [0.5, 0.6) is 11.5 Å². The number of sulfone groups is 1. The predicted molar refractivity (Wildman–Crippen MR) is 88.4 cm³/mol. The lowest BCUT2D eigenvalue weighted by Gasteiger charge is -2.11. The van der Waals surface area contributed by atoms with Crippen molar-refractivity contribution in [2.24, 2.45) is 0 Å². The number of methoxy groups -OCH3 is 2. The van der Waals surface area contributed by atoms with E-state index in [2.05, 4.69) is 0 Å². The summed E-state index contributed by atoms with van der Waals surface area (Å²) in [5.74, 6) is -0.456. The summed E-state index contributed by atoms with van der Waals surface area (Å²) < 4.78 is 48.9. The van der Waals surface area contributed by atoms with E-state index >= 15 is 0 Å². The molecule has 0 radical (unpaired) electrons. The maximum absolute atomic E-state index is 13.9. The predicted octanol–water partition coefficient (Wildman–Crippen LogP) is 2.77. The van der Waals surface area contributed by atoms with E-state index in [0.29, 0.717) is 17.1 Å². The highest BCUT2D eigenvalue weighted by molar-refractivity contribution is 7.91. The molecular formula is C16H16FNO6S. The van der Waals surface area contributed by atoms with E-state index in [1.54, 1.807) is 18.2 Å². The van der Waals surface area contributed by atoms with Gasteiger partial charge in [0.1, 0.15) is 22.2 Å². The van der Waals surface area contributed by atoms with Crippen molar-refractivity contribution in [1.82, 2.24) is 0 Å².